The molecule has 0 atom stereocenters. The largest absolute Gasteiger partial charge is 0.493 e. The monoisotopic (exact) mass is 436 g/mol. The van der Waals surface area contributed by atoms with E-state index in [2.05, 4.69) is 14.9 Å². The van der Waals surface area contributed by atoms with Gasteiger partial charge in [-0.25, -0.2) is 9.97 Å². The molecule has 1 amide bonds. The van der Waals surface area contributed by atoms with Crippen LogP contribution in [-0.4, -0.2) is 66.2 Å². The Hall–Kier alpha value is -3.62. The van der Waals surface area contributed by atoms with Gasteiger partial charge in [-0.1, -0.05) is 13.8 Å². The Bertz CT molecular complexity index is 1140. The number of anilines is 2. The summed E-state index contributed by atoms with van der Waals surface area (Å²) in [6.45, 7) is 6.44. The number of carbonyl (C=O) groups is 1. The van der Waals surface area contributed by atoms with Crippen LogP contribution < -0.4 is 20.1 Å². The molecule has 2 aromatic heterocycles. The molecule has 1 saturated heterocycles. The quantitative estimate of drug-likeness (QED) is 0.650. The van der Waals surface area contributed by atoms with Gasteiger partial charge in [0.15, 0.2) is 17.3 Å². The number of benzene rings is 1. The number of nitrogens with two attached hydrogens (primary N) is 1. The highest BCUT2D eigenvalue weighted by molar-refractivity contribution is 5.89. The standard InChI is InChI=1S/C23H28N6O3/c1-14(2)22(30)29-11-9-28(10-12-29)21-20-17(26-23(24)27-21)7-6-16(25-20)15-5-8-18(31-3)19(13-15)32-4/h5-8,13-14H,9-12H2,1-4H3,(H2,24,26,27). The molecule has 9 nitrogen and oxygen atoms in total. The third kappa shape index (κ3) is 4.10. The number of pyridine rings is 1. The molecule has 0 aliphatic carbocycles. The third-order valence-electron chi connectivity index (χ3n) is 5.61. The summed E-state index contributed by atoms with van der Waals surface area (Å²) in [5.74, 6) is 2.34. The van der Waals surface area contributed by atoms with E-state index < -0.39 is 0 Å². The molecule has 0 bridgehead atoms. The Morgan fingerprint density at radius 1 is 0.969 bits per heavy atom. The van der Waals surface area contributed by atoms with Crippen LogP contribution in [0, 0.1) is 5.92 Å². The highest BCUT2D eigenvalue weighted by Gasteiger charge is 2.25. The Morgan fingerprint density at radius 2 is 1.69 bits per heavy atom. The van der Waals surface area contributed by atoms with Crippen molar-refractivity contribution in [2.24, 2.45) is 5.92 Å². The molecular formula is C23H28N6O3. The van der Waals surface area contributed by atoms with Crippen LogP contribution in [0.15, 0.2) is 30.3 Å². The molecule has 0 spiro atoms. The maximum absolute atomic E-state index is 12.3. The van der Waals surface area contributed by atoms with Crippen LogP contribution in [0.5, 0.6) is 11.5 Å². The number of rotatable bonds is 5. The minimum atomic E-state index is -0.0113. The Balaban J connectivity index is 1.69. The second-order valence-corrected chi connectivity index (χ2v) is 8.01. The number of ether oxygens (including phenoxy) is 2. The predicted octanol–water partition coefficient (Wildman–Crippen LogP) is 2.60. The third-order valence-corrected chi connectivity index (χ3v) is 5.61. The van der Waals surface area contributed by atoms with Crippen molar-refractivity contribution in [3.8, 4) is 22.8 Å². The lowest BCUT2D eigenvalue weighted by atomic mass is 10.1. The van der Waals surface area contributed by atoms with Gasteiger partial charge < -0.3 is 25.0 Å². The Kier molecular flexibility index (Phi) is 5.98. The number of piperazine rings is 1. The van der Waals surface area contributed by atoms with E-state index >= 15 is 0 Å². The summed E-state index contributed by atoms with van der Waals surface area (Å²) in [7, 11) is 3.21. The number of aromatic nitrogens is 3. The van der Waals surface area contributed by atoms with Crippen LogP contribution >= 0.6 is 0 Å². The molecule has 9 heteroatoms. The van der Waals surface area contributed by atoms with Crippen LogP contribution in [0.4, 0.5) is 11.8 Å². The molecule has 32 heavy (non-hydrogen) atoms. The van der Waals surface area contributed by atoms with Gasteiger partial charge in [-0.05, 0) is 30.3 Å². The summed E-state index contributed by atoms with van der Waals surface area (Å²) in [5, 5.41) is 0. The smallest absolute Gasteiger partial charge is 0.225 e. The number of methoxy groups -OCH3 is 2. The number of nitrogen functional groups attached to an aromatic ring is 1. The first-order valence-corrected chi connectivity index (χ1v) is 10.6. The van der Waals surface area contributed by atoms with Gasteiger partial charge in [0.1, 0.15) is 5.52 Å². The summed E-state index contributed by atoms with van der Waals surface area (Å²) in [6, 6.07) is 9.48. The Labute approximate surface area is 187 Å². The molecule has 2 N–H and O–H groups in total. The Morgan fingerprint density at radius 3 is 2.34 bits per heavy atom. The van der Waals surface area contributed by atoms with E-state index in [0.29, 0.717) is 54.5 Å². The van der Waals surface area contributed by atoms with Gasteiger partial charge in [0.2, 0.25) is 11.9 Å². The fourth-order valence-corrected chi connectivity index (χ4v) is 3.90. The number of carbonyl (C=O) groups excluding carboxylic acids is 1. The molecule has 0 radical (unpaired) electrons. The lowest BCUT2D eigenvalue weighted by Crippen LogP contribution is -2.50. The minimum Gasteiger partial charge on any atom is -0.493 e. The summed E-state index contributed by atoms with van der Waals surface area (Å²) in [6.07, 6.45) is 0. The number of fused-ring (bicyclic) bond motifs is 1. The average Bonchev–Trinajstić information content (AvgIpc) is 2.82. The summed E-state index contributed by atoms with van der Waals surface area (Å²) >= 11 is 0. The second-order valence-electron chi connectivity index (χ2n) is 8.01. The van der Waals surface area contributed by atoms with Crippen LogP contribution in [0.25, 0.3) is 22.3 Å². The maximum Gasteiger partial charge on any atom is 0.225 e. The summed E-state index contributed by atoms with van der Waals surface area (Å²) in [5.41, 5.74) is 9.00. The molecule has 3 heterocycles. The zero-order chi connectivity index (χ0) is 22.8. The van der Waals surface area contributed by atoms with E-state index in [1.54, 1.807) is 14.2 Å². The zero-order valence-electron chi connectivity index (χ0n) is 18.8. The number of amides is 1. The van der Waals surface area contributed by atoms with Gasteiger partial charge in [0.25, 0.3) is 0 Å². The van der Waals surface area contributed by atoms with Gasteiger partial charge in [0.05, 0.1) is 25.4 Å². The molecular weight excluding hydrogens is 408 g/mol. The molecule has 168 valence electrons. The molecule has 3 aromatic rings. The van der Waals surface area contributed by atoms with E-state index in [1.165, 1.54) is 0 Å². The number of hydrogen-bond donors (Lipinski definition) is 1. The first-order valence-electron chi connectivity index (χ1n) is 10.6. The molecule has 4 rings (SSSR count). The van der Waals surface area contributed by atoms with Crippen molar-refractivity contribution in [1.82, 2.24) is 19.9 Å². The topological polar surface area (TPSA) is 107 Å². The van der Waals surface area contributed by atoms with Crippen LogP contribution in [0.2, 0.25) is 0 Å². The number of hydrogen-bond acceptors (Lipinski definition) is 8. The average molecular weight is 437 g/mol. The number of nitrogens with zero attached hydrogens (tertiary/aromatic N) is 5. The van der Waals surface area contributed by atoms with Gasteiger partial charge in [-0.2, -0.15) is 4.98 Å². The second kappa shape index (κ2) is 8.86. The summed E-state index contributed by atoms with van der Waals surface area (Å²) in [4.78, 5) is 30.1. The highest BCUT2D eigenvalue weighted by atomic mass is 16.5. The van der Waals surface area contributed by atoms with Crippen molar-refractivity contribution in [3.05, 3.63) is 30.3 Å². The first kappa shape index (κ1) is 21.6. The predicted molar refractivity (Wildman–Crippen MR) is 124 cm³/mol. The van der Waals surface area contributed by atoms with Gasteiger partial charge >= 0.3 is 0 Å². The molecule has 1 aliphatic rings. The fourth-order valence-electron chi connectivity index (χ4n) is 3.90. The first-order chi connectivity index (χ1) is 15.4. The molecule has 1 fully saturated rings. The lowest BCUT2D eigenvalue weighted by Gasteiger charge is -2.36. The van der Waals surface area contributed by atoms with Crippen molar-refractivity contribution >= 4 is 28.7 Å². The fraction of sp³-hybridized carbons (Fsp3) is 0.391. The van der Waals surface area contributed by atoms with Crippen molar-refractivity contribution in [3.63, 3.8) is 0 Å². The van der Waals surface area contributed by atoms with Gasteiger partial charge in [-0.15, -0.1) is 0 Å². The minimum absolute atomic E-state index is 0.0113. The van der Waals surface area contributed by atoms with Crippen LogP contribution in [0.1, 0.15) is 13.8 Å². The van der Waals surface area contributed by atoms with E-state index in [-0.39, 0.29) is 17.8 Å². The highest BCUT2D eigenvalue weighted by Crippen LogP contribution is 2.33. The van der Waals surface area contributed by atoms with Crippen molar-refractivity contribution in [1.29, 1.82) is 0 Å². The zero-order valence-corrected chi connectivity index (χ0v) is 18.8. The normalized spacial score (nSPS) is 14.2. The van der Waals surface area contributed by atoms with E-state index in [1.807, 2.05) is 49.1 Å². The van der Waals surface area contributed by atoms with E-state index in [0.717, 1.165) is 11.3 Å². The van der Waals surface area contributed by atoms with Crippen LogP contribution in [0.3, 0.4) is 0 Å². The van der Waals surface area contributed by atoms with Crippen molar-refractivity contribution in [2.45, 2.75) is 13.8 Å². The van der Waals surface area contributed by atoms with Crippen LogP contribution in [-0.2, 0) is 4.79 Å². The molecule has 1 aromatic carbocycles. The molecule has 0 saturated carbocycles. The molecule has 1 aliphatic heterocycles. The van der Waals surface area contributed by atoms with E-state index in [4.69, 9.17) is 20.2 Å². The lowest BCUT2D eigenvalue weighted by molar-refractivity contribution is -0.134. The van der Waals surface area contributed by atoms with E-state index in [9.17, 15) is 4.79 Å². The van der Waals surface area contributed by atoms with Crippen molar-refractivity contribution in [2.75, 3.05) is 51.0 Å². The van der Waals surface area contributed by atoms with Crippen molar-refractivity contribution < 1.29 is 14.3 Å². The summed E-state index contributed by atoms with van der Waals surface area (Å²) < 4.78 is 10.8. The van der Waals surface area contributed by atoms with Gasteiger partial charge in [-0.3, -0.25) is 4.79 Å². The molecule has 0 unspecified atom stereocenters. The SMILES string of the molecule is COc1ccc(-c2ccc3nc(N)nc(N4CCN(C(=O)C(C)C)CC4)c3n2)cc1OC. The maximum atomic E-state index is 12.3. The van der Waals surface area contributed by atoms with Gasteiger partial charge in [0, 0.05) is 37.7 Å².